The molecule has 0 atom stereocenters. The normalized spacial score (nSPS) is 11.1. The van der Waals surface area contributed by atoms with Crippen LogP contribution < -0.4 is 5.32 Å². The fourth-order valence-electron chi connectivity index (χ4n) is 1.78. The molecule has 0 radical (unpaired) electrons. The number of benzene rings is 1. The number of phenols is 1. The zero-order chi connectivity index (χ0) is 10.8. The fourth-order valence-corrected chi connectivity index (χ4v) is 1.78. The average Bonchev–Trinajstić information content (AvgIpc) is 2.50. The molecule has 0 aliphatic heterocycles. The van der Waals surface area contributed by atoms with Gasteiger partial charge in [0.05, 0.1) is 5.52 Å². The van der Waals surface area contributed by atoms with Gasteiger partial charge >= 0.3 is 0 Å². The van der Waals surface area contributed by atoms with Gasteiger partial charge in [-0.15, -0.1) is 0 Å². The summed E-state index contributed by atoms with van der Waals surface area (Å²) < 4.78 is 1.88. The third kappa shape index (κ3) is 1.80. The molecule has 2 rings (SSSR count). The van der Waals surface area contributed by atoms with Crippen molar-refractivity contribution < 1.29 is 5.11 Å². The van der Waals surface area contributed by atoms with Gasteiger partial charge in [0, 0.05) is 37.2 Å². The summed E-state index contributed by atoms with van der Waals surface area (Å²) in [6.07, 6.45) is 0.939. The minimum absolute atomic E-state index is 0.265. The van der Waals surface area contributed by atoms with Crippen LogP contribution in [0.15, 0.2) is 18.2 Å². The Hall–Kier alpha value is -1.55. The minimum Gasteiger partial charge on any atom is -0.508 e. The van der Waals surface area contributed by atoms with Crippen LogP contribution in [0.25, 0.3) is 10.9 Å². The molecule has 0 amide bonds. The van der Waals surface area contributed by atoms with Gasteiger partial charge in [0.2, 0.25) is 0 Å². The number of likely N-dealkylation sites (N-methyl/N-ethyl adjacent to an activating group) is 1. The fraction of sp³-hybridized carbons (Fsp3) is 0.364. The summed E-state index contributed by atoms with van der Waals surface area (Å²) >= 11 is 0. The molecule has 1 aromatic heterocycles. The van der Waals surface area contributed by atoms with E-state index in [2.05, 4.69) is 10.4 Å². The van der Waals surface area contributed by atoms with Crippen molar-refractivity contribution >= 4 is 10.9 Å². The van der Waals surface area contributed by atoms with E-state index in [-0.39, 0.29) is 5.75 Å². The van der Waals surface area contributed by atoms with Gasteiger partial charge in [-0.2, -0.15) is 5.10 Å². The molecule has 0 spiro atoms. The predicted molar refractivity (Wildman–Crippen MR) is 60.0 cm³/mol. The van der Waals surface area contributed by atoms with Crippen LogP contribution in [-0.4, -0.2) is 28.5 Å². The Morgan fingerprint density at radius 2 is 2.27 bits per heavy atom. The second-order valence-electron chi connectivity index (χ2n) is 3.63. The molecule has 4 nitrogen and oxygen atoms in total. The third-order valence-corrected chi connectivity index (χ3v) is 2.55. The van der Waals surface area contributed by atoms with Gasteiger partial charge in [0.1, 0.15) is 5.75 Å². The zero-order valence-corrected chi connectivity index (χ0v) is 8.99. The SMILES string of the molecule is CNCCc1c2ccc(O)cc2nn1C. The molecule has 4 heteroatoms. The number of aromatic hydroxyl groups is 1. The van der Waals surface area contributed by atoms with Gasteiger partial charge in [-0.25, -0.2) is 0 Å². The highest BCUT2D eigenvalue weighted by Gasteiger charge is 2.08. The third-order valence-electron chi connectivity index (χ3n) is 2.55. The van der Waals surface area contributed by atoms with Gasteiger partial charge in [-0.3, -0.25) is 4.68 Å². The zero-order valence-electron chi connectivity index (χ0n) is 8.99. The second kappa shape index (κ2) is 3.90. The summed E-state index contributed by atoms with van der Waals surface area (Å²) in [5.41, 5.74) is 2.04. The van der Waals surface area contributed by atoms with E-state index >= 15 is 0 Å². The van der Waals surface area contributed by atoms with Crippen LogP contribution in [-0.2, 0) is 13.5 Å². The number of fused-ring (bicyclic) bond motifs is 1. The quantitative estimate of drug-likeness (QED) is 0.787. The minimum atomic E-state index is 0.265. The molecular weight excluding hydrogens is 190 g/mol. The highest BCUT2D eigenvalue weighted by molar-refractivity contribution is 5.82. The number of aromatic nitrogens is 2. The Bertz CT molecular complexity index is 476. The number of phenolic OH excluding ortho intramolecular Hbond substituents is 1. The summed E-state index contributed by atoms with van der Waals surface area (Å²) in [6.45, 7) is 0.926. The van der Waals surface area contributed by atoms with E-state index in [9.17, 15) is 5.11 Å². The maximum absolute atomic E-state index is 9.34. The van der Waals surface area contributed by atoms with Gasteiger partial charge < -0.3 is 10.4 Å². The van der Waals surface area contributed by atoms with Gasteiger partial charge in [-0.05, 0) is 19.2 Å². The average molecular weight is 205 g/mol. The smallest absolute Gasteiger partial charge is 0.117 e. The lowest BCUT2D eigenvalue weighted by Gasteiger charge is -2.01. The molecule has 2 aromatic rings. The summed E-state index contributed by atoms with van der Waals surface area (Å²) in [4.78, 5) is 0. The molecule has 0 bridgehead atoms. The Morgan fingerprint density at radius 1 is 1.47 bits per heavy atom. The molecule has 80 valence electrons. The first-order chi connectivity index (χ1) is 7.22. The topological polar surface area (TPSA) is 50.1 Å². The molecule has 1 heterocycles. The van der Waals surface area contributed by atoms with Crippen LogP contribution >= 0.6 is 0 Å². The van der Waals surface area contributed by atoms with Crippen molar-refractivity contribution in [2.75, 3.05) is 13.6 Å². The van der Waals surface area contributed by atoms with Crippen LogP contribution in [0.4, 0.5) is 0 Å². The van der Waals surface area contributed by atoms with E-state index in [1.54, 1.807) is 12.1 Å². The predicted octanol–water partition coefficient (Wildman–Crippen LogP) is 1.04. The highest BCUT2D eigenvalue weighted by atomic mass is 16.3. The van der Waals surface area contributed by atoms with Crippen molar-refractivity contribution in [1.29, 1.82) is 0 Å². The van der Waals surface area contributed by atoms with E-state index in [1.165, 1.54) is 5.69 Å². The summed E-state index contributed by atoms with van der Waals surface area (Å²) in [5, 5.41) is 17.9. The van der Waals surface area contributed by atoms with Gasteiger partial charge in [0.15, 0.2) is 0 Å². The lowest BCUT2D eigenvalue weighted by Crippen LogP contribution is -2.12. The van der Waals surface area contributed by atoms with Crippen molar-refractivity contribution in [3.8, 4) is 5.75 Å². The largest absolute Gasteiger partial charge is 0.508 e. The van der Waals surface area contributed by atoms with Gasteiger partial charge in [-0.1, -0.05) is 0 Å². The summed E-state index contributed by atoms with van der Waals surface area (Å²) in [6, 6.07) is 5.31. The number of rotatable bonds is 3. The molecule has 0 saturated heterocycles. The van der Waals surface area contributed by atoms with Gasteiger partial charge in [0.25, 0.3) is 0 Å². The van der Waals surface area contributed by atoms with E-state index in [1.807, 2.05) is 24.8 Å². The van der Waals surface area contributed by atoms with Crippen molar-refractivity contribution in [2.24, 2.45) is 7.05 Å². The Labute approximate surface area is 88.5 Å². The van der Waals surface area contributed by atoms with Crippen LogP contribution in [0, 0.1) is 0 Å². The van der Waals surface area contributed by atoms with E-state index in [0.717, 1.165) is 23.9 Å². The first kappa shape index (κ1) is 9.98. The molecule has 15 heavy (non-hydrogen) atoms. The number of nitrogens with zero attached hydrogens (tertiary/aromatic N) is 2. The van der Waals surface area contributed by atoms with Crippen molar-refractivity contribution in [1.82, 2.24) is 15.1 Å². The highest BCUT2D eigenvalue weighted by Crippen LogP contribution is 2.22. The summed E-state index contributed by atoms with van der Waals surface area (Å²) in [7, 11) is 3.87. The molecule has 2 N–H and O–H groups in total. The molecule has 0 fully saturated rings. The monoisotopic (exact) mass is 205 g/mol. The van der Waals surface area contributed by atoms with E-state index in [0.29, 0.717) is 0 Å². The summed E-state index contributed by atoms with van der Waals surface area (Å²) in [5.74, 6) is 0.265. The van der Waals surface area contributed by atoms with E-state index in [4.69, 9.17) is 0 Å². The maximum Gasteiger partial charge on any atom is 0.117 e. The Balaban J connectivity index is 2.48. The lowest BCUT2D eigenvalue weighted by atomic mass is 10.1. The number of hydrogen-bond acceptors (Lipinski definition) is 3. The van der Waals surface area contributed by atoms with Crippen molar-refractivity contribution in [3.05, 3.63) is 23.9 Å². The molecule has 0 saturated carbocycles. The molecule has 0 aliphatic carbocycles. The molecule has 0 unspecified atom stereocenters. The van der Waals surface area contributed by atoms with Crippen molar-refractivity contribution in [2.45, 2.75) is 6.42 Å². The number of hydrogen-bond donors (Lipinski definition) is 2. The maximum atomic E-state index is 9.34. The van der Waals surface area contributed by atoms with E-state index < -0.39 is 0 Å². The Morgan fingerprint density at radius 3 is 3.00 bits per heavy atom. The first-order valence-corrected chi connectivity index (χ1v) is 5.01. The number of nitrogens with one attached hydrogen (secondary N) is 1. The molecular formula is C11H15N3O. The number of aryl methyl sites for hydroxylation is 1. The van der Waals surface area contributed by atoms with Crippen molar-refractivity contribution in [3.63, 3.8) is 0 Å². The lowest BCUT2D eigenvalue weighted by molar-refractivity contribution is 0.476. The van der Waals surface area contributed by atoms with Crippen LogP contribution in [0.3, 0.4) is 0 Å². The standard InChI is InChI=1S/C11H15N3O/c1-12-6-5-11-9-4-3-8(15)7-10(9)13-14(11)2/h3-4,7,12,15H,5-6H2,1-2H3. The molecule has 0 aliphatic rings. The second-order valence-corrected chi connectivity index (χ2v) is 3.63. The first-order valence-electron chi connectivity index (χ1n) is 5.01. The molecule has 1 aromatic carbocycles. The Kier molecular flexibility index (Phi) is 2.60. The van der Waals surface area contributed by atoms with Crippen LogP contribution in [0.2, 0.25) is 0 Å². The van der Waals surface area contributed by atoms with Crippen LogP contribution in [0.5, 0.6) is 5.75 Å². The van der Waals surface area contributed by atoms with Crippen LogP contribution in [0.1, 0.15) is 5.69 Å².